The van der Waals surface area contributed by atoms with Gasteiger partial charge >= 0.3 is 0 Å². The van der Waals surface area contributed by atoms with Gasteiger partial charge in [0, 0.05) is 11.8 Å². The van der Waals surface area contributed by atoms with Crippen molar-refractivity contribution in [2.24, 2.45) is 46.3 Å². The van der Waals surface area contributed by atoms with Crippen LogP contribution in [0.4, 0.5) is 0 Å². The summed E-state index contributed by atoms with van der Waals surface area (Å²) in [4.78, 5) is 0. The number of fused-ring (bicyclic) bond motifs is 5. The molecule has 4 aliphatic carbocycles. The second-order valence-corrected chi connectivity index (χ2v) is 12.4. The first kappa shape index (κ1) is 22.6. The topological polar surface area (TPSA) is 40.5 Å². The van der Waals surface area contributed by atoms with Crippen LogP contribution < -0.4 is 0 Å². The summed E-state index contributed by atoms with van der Waals surface area (Å²) < 4.78 is 0. The van der Waals surface area contributed by atoms with Gasteiger partial charge in [-0.1, -0.05) is 65.3 Å². The van der Waals surface area contributed by atoms with Crippen LogP contribution in [0, 0.1) is 46.3 Å². The Labute approximate surface area is 185 Å². The summed E-state index contributed by atoms with van der Waals surface area (Å²) in [7, 11) is 0. The largest absolute Gasteiger partial charge is 0.393 e. The molecule has 30 heavy (non-hydrogen) atoms. The number of aliphatic hydroxyl groups is 2. The van der Waals surface area contributed by atoms with Crippen LogP contribution in [0.1, 0.15) is 92.9 Å². The van der Waals surface area contributed by atoms with Crippen LogP contribution in [0.3, 0.4) is 0 Å². The smallest absolute Gasteiger partial charge is 0.0765 e. The van der Waals surface area contributed by atoms with Crippen LogP contribution in [0.5, 0.6) is 0 Å². The fourth-order valence-corrected chi connectivity index (χ4v) is 8.10. The lowest BCUT2D eigenvalue weighted by Crippen LogP contribution is -2.59. The van der Waals surface area contributed by atoms with E-state index in [4.69, 9.17) is 0 Å². The van der Waals surface area contributed by atoms with Gasteiger partial charge in [-0.2, -0.15) is 0 Å². The van der Waals surface area contributed by atoms with Crippen molar-refractivity contribution in [3.05, 3.63) is 23.8 Å². The first-order valence-electron chi connectivity index (χ1n) is 12.8. The molecular weight excluding hydrogens is 368 g/mol. The highest BCUT2D eigenvalue weighted by Crippen LogP contribution is 2.67. The van der Waals surface area contributed by atoms with Crippen molar-refractivity contribution in [1.82, 2.24) is 0 Å². The molecule has 170 valence electrons. The molecule has 2 N–H and O–H groups in total. The Morgan fingerprint density at radius 3 is 2.40 bits per heavy atom. The molecule has 0 aromatic carbocycles. The molecule has 3 saturated carbocycles. The van der Waals surface area contributed by atoms with Crippen LogP contribution in [-0.2, 0) is 0 Å². The second kappa shape index (κ2) is 7.77. The van der Waals surface area contributed by atoms with E-state index in [2.05, 4.69) is 59.8 Å². The summed E-state index contributed by atoms with van der Waals surface area (Å²) >= 11 is 0. The molecule has 0 bridgehead atoms. The Kier molecular flexibility index (Phi) is 5.85. The molecule has 0 saturated heterocycles. The van der Waals surface area contributed by atoms with E-state index >= 15 is 0 Å². The molecule has 2 nitrogen and oxygen atoms in total. The van der Waals surface area contributed by atoms with E-state index < -0.39 is 5.60 Å². The van der Waals surface area contributed by atoms with Gasteiger partial charge in [0.2, 0.25) is 0 Å². The lowest BCUT2D eigenvalue weighted by atomic mass is 9.46. The maximum absolute atomic E-state index is 11.6. The molecule has 0 heterocycles. The zero-order valence-corrected chi connectivity index (χ0v) is 20.3. The molecule has 2 heteroatoms. The molecule has 4 aliphatic rings. The average molecular weight is 415 g/mol. The average Bonchev–Trinajstić information content (AvgIpc) is 3.04. The molecule has 0 radical (unpaired) electrons. The van der Waals surface area contributed by atoms with E-state index in [9.17, 15) is 10.2 Å². The predicted octanol–water partition coefficient (Wildman–Crippen LogP) is 6.53. The molecule has 0 aliphatic heterocycles. The van der Waals surface area contributed by atoms with Crippen LogP contribution in [0.25, 0.3) is 0 Å². The lowest BCUT2D eigenvalue weighted by molar-refractivity contribution is -0.168. The molecule has 0 amide bonds. The minimum absolute atomic E-state index is 0.0616. The standard InChI is InChI=1S/C28H46O2/c1-18(2)19(3)7-8-20(4)23-9-10-24-22-12-16-28(30)17-21(29)11-15-27(28,6)25(22)13-14-26(23,24)5/h7-8,12,18-21,23-25,29-30H,9-11,13-17H2,1-6H3/b8-7+/t19-,20+,21+,23-,24+,25+,26+,27+,28+/m0/s1. The number of hydrogen-bond donors (Lipinski definition) is 2. The molecule has 0 aromatic rings. The van der Waals surface area contributed by atoms with E-state index in [-0.39, 0.29) is 11.5 Å². The van der Waals surface area contributed by atoms with Crippen LogP contribution in [0.2, 0.25) is 0 Å². The third-order valence-corrected chi connectivity index (χ3v) is 10.7. The van der Waals surface area contributed by atoms with Crippen molar-refractivity contribution in [2.45, 2.75) is 105 Å². The van der Waals surface area contributed by atoms with E-state index in [0.29, 0.717) is 41.4 Å². The highest BCUT2D eigenvalue weighted by atomic mass is 16.3. The summed E-state index contributed by atoms with van der Waals surface area (Å²) in [6.07, 6.45) is 15.4. The Hall–Kier alpha value is -0.600. The number of allylic oxidation sites excluding steroid dienone is 3. The zero-order chi connectivity index (χ0) is 21.9. The Balaban J connectivity index is 1.57. The molecular formula is C28H46O2. The summed E-state index contributed by atoms with van der Waals surface area (Å²) in [6.45, 7) is 14.3. The lowest BCUT2D eigenvalue weighted by Gasteiger charge is -2.61. The normalized spacial score (nSPS) is 48.1. The van der Waals surface area contributed by atoms with Gasteiger partial charge in [0.25, 0.3) is 0 Å². The summed E-state index contributed by atoms with van der Waals surface area (Å²) in [5, 5.41) is 21.8. The quantitative estimate of drug-likeness (QED) is 0.514. The van der Waals surface area contributed by atoms with Gasteiger partial charge in [0.1, 0.15) is 0 Å². The predicted molar refractivity (Wildman–Crippen MR) is 125 cm³/mol. The monoisotopic (exact) mass is 414 g/mol. The molecule has 4 rings (SSSR count). The van der Waals surface area contributed by atoms with Crippen molar-refractivity contribution < 1.29 is 10.2 Å². The van der Waals surface area contributed by atoms with Gasteiger partial charge in [0.15, 0.2) is 0 Å². The van der Waals surface area contributed by atoms with Crippen molar-refractivity contribution >= 4 is 0 Å². The van der Waals surface area contributed by atoms with Gasteiger partial charge in [-0.25, -0.2) is 0 Å². The minimum Gasteiger partial charge on any atom is -0.393 e. The first-order chi connectivity index (χ1) is 14.0. The summed E-state index contributed by atoms with van der Waals surface area (Å²) in [5.41, 5.74) is 1.30. The minimum atomic E-state index is -0.715. The van der Waals surface area contributed by atoms with Crippen LogP contribution in [-0.4, -0.2) is 21.9 Å². The molecule has 0 aromatic heterocycles. The number of hydrogen-bond acceptors (Lipinski definition) is 2. The van der Waals surface area contributed by atoms with Crippen LogP contribution >= 0.6 is 0 Å². The van der Waals surface area contributed by atoms with Crippen molar-refractivity contribution in [3.8, 4) is 0 Å². The molecule has 9 atom stereocenters. The summed E-state index contributed by atoms with van der Waals surface area (Å²) in [6, 6.07) is 0. The second-order valence-electron chi connectivity index (χ2n) is 12.4. The molecule has 3 fully saturated rings. The highest BCUT2D eigenvalue weighted by molar-refractivity contribution is 5.30. The zero-order valence-electron chi connectivity index (χ0n) is 20.3. The Morgan fingerprint density at radius 1 is 0.967 bits per heavy atom. The van der Waals surface area contributed by atoms with E-state index in [0.717, 1.165) is 25.2 Å². The van der Waals surface area contributed by atoms with Gasteiger partial charge in [-0.3, -0.25) is 0 Å². The Morgan fingerprint density at radius 2 is 1.70 bits per heavy atom. The SMILES string of the molecule is CC(C)[C@@H](C)/C=C/[C@@H](C)[C@@H]1CC[C@@H]2C3=CC[C@@]4(O)C[C@H](O)CC[C@]4(C)[C@@H]3CC[C@@]21C. The maximum Gasteiger partial charge on any atom is 0.0765 e. The Bertz CT molecular complexity index is 707. The number of rotatable bonds is 4. The van der Waals surface area contributed by atoms with E-state index in [1.54, 1.807) is 5.57 Å². The van der Waals surface area contributed by atoms with E-state index in [1.165, 1.54) is 25.7 Å². The summed E-state index contributed by atoms with van der Waals surface area (Å²) in [5.74, 6) is 3.95. The highest BCUT2D eigenvalue weighted by Gasteiger charge is 2.62. The fraction of sp³-hybridized carbons (Fsp3) is 0.857. The third-order valence-electron chi connectivity index (χ3n) is 10.7. The third kappa shape index (κ3) is 3.36. The van der Waals surface area contributed by atoms with Gasteiger partial charge < -0.3 is 10.2 Å². The fourth-order valence-electron chi connectivity index (χ4n) is 8.10. The molecule has 0 spiro atoms. The molecule has 0 unspecified atom stereocenters. The first-order valence-corrected chi connectivity index (χ1v) is 12.8. The van der Waals surface area contributed by atoms with Crippen LogP contribution in [0.15, 0.2) is 23.8 Å². The van der Waals surface area contributed by atoms with E-state index in [1.807, 2.05) is 0 Å². The van der Waals surface area contributed by atoms with Crippen molar-refractivity contribution in [2.75, 3.05) is 0 Å². The maximum atomic E-state index is 11.6. The van der Waals surface area contributed by atoms with Gasteiger partial charge in [0.05, 0.1) is 11.7 Å². The van der Waals surface area contributed by atoms with Gasteiger partial charge in [-0.15, -0.1) is 0 Å². The number of aliphatic hydroxyl groups excluding tert-OH is 1. The van der Waals surface area contributed by atoms with Crippen molar-refractivity contribution in [1.29, 1.82) is 0 Å². The van der Waals surface area contributed by atoms with Crippen molar-refractivity contribution in [3.63, 3.8) is 0 Å². The van der Waals surface area contributed by atoms with Gasteiger partial charge in [-0.05, 0) is 85.9 Å².